The van der Waals surface area contributed by atoms with E-state index in [0.717, 1.165) is 36.2 Å². The molecule has 0 spiro atoms. The molecular weight excluding hydrogens is 386 g/mol. The summed E-state index contributed by atoms with van der Waals surface area (Å²) in [7, 11) is 0. The zero-order valence-corrected chi connectivity index (χ0v) is 16.6. The number of β-amino-alcohol motifs (C(OH)–C–C–N with tert-alkyl or cyclic N) is 1. The smallest absolute Gasteiger partial charge is 0.258 e. The highest BCUT2D eigenvalue weighted by Gasteiger charge is 2.20. The number of rotatable bonds is 5. The number of nitrogens with zero attached hydrogens (tertiary/aromatic N) is 2. The van der Waals surface area contributed by atoms with Gasteiger partial charge in [0.25, 0.3) is 5.91 Å². The molecule has 0 aliphatic carbocycles. The summed E-state index contributed by atoms with van der Waals surface area (Å²) < 4.78 is 0. The maximum absolute atomic E-state index is 12.7. The van der Waals surface area contributed by atoms with Gasteiger partial charge < -0.3 is 10.4 Å². The number of aliphatic hydroxyl groups is 1. The zero-order chi connectivity index (χ0) is 20.2. The summed E-state index contributed by atoms with van der Waals surface area (Å²) in [5.74, 6) is 0.178. The lowest BCUT2D eigenvalue weighted by molar-refractivity contribution is 0.102. The molecule has 0 saturated carbocycles. The summed E-state index contributed by atoms with van der Waals surface area (Å²) in [4.78, 5) is 19.3. The molecule has 1 aliphatic heterocycles. The van der Waals surface area contributed by atoms with Crippen molar-refractivity contribution < 1.29 is 9.90 Å². The fourth-order valence-electron chi connectivity index (χ4n) is 3.54. The lowest BCUT2D eigenvalue weighted by Crippen LogP contribution is -2.21. The third-order valence-electron chi connectivity index (χ3n) is 5.05. The van der Waals surface area contributed by atoms with Gasteiger partial charge in [-0.05, 0) is 29.7 Å². The van der Waals surface area contributed by atoms with Crippen LogP contribution in [0.4, 0.5) is 5.82 Å². The van der Waals surface area contributed by atoms with E-state index in [0.29, 0.717) is 22.9 Å². The highest BCUT2D eigenvalue weighted by atomic mass is 35.5. The second-order valence-electron chi connectivity index (χ2n) is 7.22. The van der Waals surface area contributed by atoms with Crippen molar-refractivity contribution in [2.24, 2.45) is 0 Å². The summed E-state index contributed by atoms with van der Waals surface area (Å²) in [6.07, 6.45) is 2.32. The number of carbonyl (C=O) groups is 1. The number of benzene rings is 2. The fourth-order valence-corrected chi connectivity index (χ4v) is 3.86. The molecule has 1 saturated heterocycles. The predicted molar refractivity (Wildman–Crippen MR) is 115 cm³/mol. The number of aliphatic hydroxyl groups excluding tert-OH is 1. The van der Waals surface area contributed by atoms with Gasteiger partial charge in [-0.2, -0.15) is 0 Å². The van der Waals surface area contributed by atoms with Crippen LogP contribution in [0.2, 0.25) is 5.02 Å². The Kier molecular flexibility index (Phi) is 5.90. The highest BCUT2D eigenvalue weighted by molar-refractivity contribution is 6.37. The molecule has 29 heavy (non-hydrogen) atoms. The highest BCUT2D eigenvalue weighted by Crippen LogP contribution is 2.31. The number of carbonyl (C=O) groups excluding carboxylic acids is 1. The van der Waals surface area contributed by atoms with Crippen molar-refractivity contribution in [3.05, 3.63) is 83.0 Å². The van der Waals surface area contributed by atoms with Crippen molar-refractivity contribution in [3.8, 4) is 11.1 Å². The van der Waals surface area contributed by atoms with Crippen LogP contribution in [-0.2, 0) is 6.54 Å². The second-order valence-corrected chi connectivity index (χ2v) is 7.59. The maximum atomic E-state index is 12.7. The Balaban J connectivity index is 1.45. The second kappa shape index (κ2) is 8.74. The molecule has 5 nitrogen and oxygen atoms in total. The molecule has 1 atom stereocenters. The molecule has 2 aromatic carbocycles. The Labute approximate surface area is 175 Å². The third kappa shape index (κ3) is 4.65. The van der Waals surface area contributed by atoms with Gasteiger partial charge in [-0.1, -0.05) is 60.1 Å². The average molecular weight is 408 g/mol. The van der Waals surface area contributed by atoms with Crippen molar-refractivity contribution in [2.45, 2.75) is 19.1 Å². The first kappa shape index (κ1) is 19.6. The van der Waals surface area contributed by atoms with Crippen LogP contribution < -0.4 is 5.32 Å². The normalized spacial score (nSPS) is 16.7. The number of likely N-dealkylation sites (tertiary alicyclic amines) is 1. The van der Waals surface area contributed by atoms with Crippen LogP contribution in [0.25, 0.3) is 11.1 Å². The van der Waals surface area contributed by atoms with Gasteiger partial charge in [0.15, 0.2) is 0 Å². The molecule has 1 aliphatic rings. The quantitative estimate of drug-likeness (QED) is 0.664. The molecule has 3 aromatic rings. The van der Waals surface area contributed by atoms with Crippen molar-refractivity contribution in [1.29, 1.82) is 0 Å². The Hall–Kier alpha value is -2.73. The molecule has 1 amide bonds. The molecule has 2 N–H and O–H groups in total. The average Bonchev–Trinajstić information content (AvgIpc) is 3.15. The number of hydrogen-bond donors (Lipinski definition) is 2. The van der Waals surface area contributed by atoms with Gasteiger partial charge >= 0.3 is 0 Å². The molecule has 6 heteroatoms. The van der Waals surface area contributed by atoms with Crippen LogP contribution in [0.3, 0.4) is 0 Å². The minimum Gasteiger partial charge on any atom is -0.392 e. The van der Waals surface area contributed by atoms with E-state index in [9.17, 15) is 9.90 Å². The summed E-state index contributed by atoms with van der Waals surface area (Å²) in [6.45, 7) is 2.31. The van der Waals surface area contributed by atoms with Crippen LogP contribution >= 0.6 is 11.6 Å². The molecule has 4 rings (SSSR count). The van der Waals surface area contributed by atoms with E-state index >= 15 is 0 Å². The van der Waals surface area contributed by atoms with Gasteiger partial charge in [-0.15, -0.1) is 0 Å². The number of nitrogens with one attached hydrogen (secondary N) is 1. The molecule has 2 heterocycles. The monoisotopic (exact) mass is 407 g/mol. The van der Waals surface area contributed by atoms with Gasteiger partial charge in [0.05, 0.1) is 16.7 Å². The lowest BCUT2D eigenvalue weighted by Gasteiger charge is -2.15. The first-order valence-corrected chi connectivity index (χ1v) is 9.98. The minimum atomic E-state index is -0.296. The molecule has 1 fully saturated rings. The van der Waals surface area contributed by atoms with Crippen LogP contribution in [0.15, 0.2) is 66.9 Å². The molecule has 148 valence electrons. The summed E-state index contributed by atoms with van der Waals surface area (Å²) in [6, 6.07) is 18.9. The van der Waals surface area contributed by atoms with Gasteiger partial charge in [0, 0.05) is 31.4 Å². The first-order valence-electron chi connectivity index (χ1n) is 9.61. The van der Waals surface area contributed by atoms with Gasteiger partial charge in [0.1, 0.15) is 5.82 Å². The van der Waals surface area contributed by atoms with Crippen molar-refractivity contribution in [3.63, 3.8) is 0 Å². The van der Waals surface area contributed by atoms with E-state index in [1.807, 2.05) is 48.5 Å². The number of amides is 1. The van der Waals surface area contributed by atoms with Crippen LogP contribution in [0.5, 0.6) is 0 Å². The number of pyridine rings is 1. The number of aromatic nitrogens is 1. The molecule has 1 aromatic heterocycles. The summed E-state index contributed by atoms with van der Waals surface area (Å²) in [5, 5.41) is 12.9. The molecule has 0 radical (unpaired) electrons. The number of anilines is 1. The summed E-state index contributed by atoms with van der Waals surface area (Å²) in [5.41, 5.74) is 3.23. The minimum absolute atomic E-state index is 0.238. The van der Waals surface area contributed by atoms with Crippen LogP contribution in [0.1, 0.15) is 22.3 Å². The van der Waals surface area contributed by atoms with Crippen LogP contribution in [-0.4, -0.2) is 40.1 Å². The largest absolute Gasteiger partial charge is 0.392 e. The summed E-state index contributed by atoms with van der Waals surface area (Å²) >= 11 is 6.53. The van der Waals surface area contributed by atoms with Gasteiger partial charge in [-0.3, -0.25) is 9.69 Å². The van der Waals surface area contributed by atoms with E-state index in [1.54, 1.807) is 18.3 Å². The van der Waals surface area contributed by atoms with Crippen molar-refractivity contribution in [2.75, 3.05) is 18.4 Å². The molecular formula is C23H22ClN3O2. The van der Waals surface area contributed by atoms with E-state index < -0.39 is 0 Å². The lowest BCUT2D eigenvalue weighted by atomic mass is 10.0. The van der Waals surface area contributed by atoms with E-state index in [2.05, 4.69) is 15.2 Å². The standard InChI is InChI=1S/C23H22ClN3O2/c24-22-19(17-5-2-1-3-6-17)7-4-8-20(22)23(29)26-21-10-9-16(13-25-21)14-27-12-11-18(28)15-27/h1-10,13,18,28H,11-12,14-15H2,(H,25,26,29)/t18-/m1/s1. The fraction of sp³-hybridized carbons (Fsp3) is 0.217. The first-order chi connectivity index (χ1) is 14.1. The molecule has 0 bridgehead atoms. The maximum Gasteiger partial charge on any atom is 0.258 e. The zero-order valence-electron chi connectivity index (χ0n) is 15.9. The SMILES string of the molecule is O=C(Nc1ccc(CN2CC[C@@H](O)C2)cn1)c1cccc(-c2ccccc2)c1Cl. The van der Waals surface area contributed by atoms with Crippen LogP contribution in [0, 0.1) is 0 Å². The van der Waals surface area contributed by atoms with Crippen molar-refractivity contribution >= 4 is 23.3 Å². The molecule has 0 unspecified atom stereocenters. The Morgan fingerprint density at radius 2 is 1.97 bits per heavy atom. The third-order valence-corrected chi connectivity index (χ3v) is 5.46. The Morgan fingerprint density at radius 3 is 2.66 bits per heavy atom. The topological polar surface area (TPSA) is 65.5 Å². The Bertz CT molecular complexity index is 993. The number of hydrogen-bond acceptors (Lipinski definition) is 4. The van der Waals surface area contributed by atoms with Gasteiger partial charge in [0.2, 0.25) is 0 Å². The van der Waals surface area contributed by atoms with E-state index in [-0.39, 0.29) is 12.0 Å². The van der Waals surface area contributed by atoms with E-state index in [4.69, 9.17) is 11.6 Å². The Morgan fingerprint density at radius 1 is 1.14 bits per heavy atom. The van der Waals surface area contributed by atoms with Gasteiger partial charge in [-0.25, -0.2) is 4.98 Å². The number of halogens is 1. The van der Waals surface area contributed by atoms with Crippen molar-refractivity contribution in [1.82, 2.24) is 9.88 Å². The van der Waals surface area contributed by atoms with E-state index in [1.165, 1.54) is 0 Å². The predicted octanol–water partition coefficient (Wildman–Crippen LogP) is 4.22.